The van der Waals surface area contributed by atoms with Crippen LogP contribution in [-0.2, 0) is 7.05 Å². The van der Waals surface area contributed by atoms with Gasteiger partial charge in [0.05, 0.1) is 11.6 Å². The lowest BCUT2D eigenvalue weighted by molar-refractivity contribution is 0.481. The summed E-state index contributed by atoms with van der Waals surface area (Å²) >= 11 is 3.74. The number of hydrogen-bond acceptors (Lipinski definition) is 4. The number of rotatable bonds is 4. The molecule has 0 unspecified atom stereocenters. The molecule has 0 fully saturated rings. The van der Waals surface area contributed by atoms with Crippen LogP contribution in [0, 0.1) is 14.9 Å². The van der Waals surface area contributed by atoms with Crippen LogP contribution in [0.3, 0.4) is 0 Å². The molecule has 0 amide bonds. The van der Waals surface area contributed by atoms with Gasteiger partial charge >= 0.3 is 0 Å². The van der Waals surface area contributed by atoms with Crippen molar-refractivity contribution in [1.82, 2.24) is 9.55 Å². The molecule has 0 N–H and O–H groups in total. The molecule has 1 aromatic heterocycles. The molecule has 0 atom stereocenters. The lowest BCUT2D eigenvalue weighted by Crippen LogP contribution is -1.90. The molecule has 0 radical (unpaired) electrons. The predicted octanol–water partition coefficient (Wildman–Crippen LogP) is 4.84. The molecule has 0 saturated carbocycles. The Labute approximate surface area is 152 Å². The quantitative estimate of drug-likeness (QED) is 0.553. The first-order valence-electron chi connectivity index (χ1n) is 6.78. The second-order valence-electron chi connectivity index (χ2n) is 4.78. The summed E-state index contributed by atoms with van der Waals surface area (Å²) in [6.45, 7) is 0. The Morgan fingerprint density at radius 1 is 1.17 bits per heavy atom. The predicted molar refractivity (Wildman–Crippen MR) is 97.7 cm³/mol. The van der Waals surface area contributed by atoms with E-state index in [1.54, 1.807) is 12.3 Å². The van der Waals surface area contributed by atoms with Crippen LogP contribution in [0.15, 0.2) is 64.9 Å². The summed E-state index contributed by atoms with van der Waals surface area (Å²) in [6, 6.07) is 15.4. The van der Waals surface area contributed by atoms with E-state index in [1.807, 2.05) is 54.2 Å². The van der Waals surface area contributed by atoms with Gasteiger partial charge in [-0.3, -0.25) is 0 Å². The maximum atomic E-state index is 9.23. The van der Waals surface area contributed by atoms with E-state index in [-0.39, 0.29) is 0 Å². The minimum atomic E-state index is 0.560. The summed E-state index contributed by atoms with van der Waals surface area (Å²) < 4.78 is 8.95. The topological polar surface area (TPSA) is 50.8 Å². The summed E-state index contributed by atoms with van der Waals surface area (Å²) in [5.74, 6) is 1.38. The number of hydrogen-bond donors (Lipinski definition) is 0. The zero-order valence-corrected chi connectivity index (χ0v) is 15.2. The first-order valence-corrected chi connectivity index (χ1v) is 8.67. The molecule has 3 rings (SSSR count). The van der Waals surface area contributed by atoms with Crippen molar-refractivity contribution in [3.8, 4) is 17.6 Å². The Kier molecular flexibility index (Phi) is 4.88. The number of nitriles is 1. The van der Waals surface area contributed by atoms with E-state index in [0.29, 0.717) is 11.3 Å². The van der Waals surface area contributed by atoms with Crippen molar-refractivity contribution < 1.29 is 4.74 Å². The Balaban J connectivity index is 1.88. The van der Waals surface area contributed by atoms with Crippen molar-refractivity contribution in [2.75, 3.05) is 0 Å². The van der Waals surface area contributed by atoms with Crippen LogP contribution in [0.1, 0.15) is 5.56 Å². The van der Waals surface area contributed by atoms with Crippen molar-refractivity contribution in [2.45, 2.75) is 10.1 Å². The monoisotopic (exact) mass is 433 g/mol. The van der Waals surface area contributed by atoms with Crippen LogP contribution in [0.4, 0.5) is 0 Å². The molecule has 2 aromatic carbocycles. The largest absolute Gasteiger partial charge is 0.457 e. The molecule has 0 aliphatic carbocycles. The maximum Gasteiger partial charge on any atom is 0.172 e. The zero-order valence-electron chi connectivity index (χ0n) is 12.2. The van der Waals surface area contributed by atoms with Crippen molar-refractivity contribution in [1.29, 1.82) is 5.26 Å². The lowest BCUT2D eigenvalue weighted by Gasteiger charge is -2.09. The second kappa shape index (κ2) is 7.06. The molecule has 0 aliphatic heterocycles. The molecule has 6 heteroatoms. The molecule has 0 aliphatic rings. The standard InChI is InChI=1S/C17H12IN3OS/c1-21-7-6-20-17(21)23-16-9-12(11-19)8-15(10-16)22-14-4-2-13(18)3-5-14/h2-10H,1H3. The van der Waals surface area contributed by atoms with Gasteiger partial charge in [-0.05, 0) is 65.1 Å². The number of ether oxygens (including phenoxy) is 1. The van der Waals surface area contributed by atoms with Crippen molar-refractivity contribution in [3.05, 3.63) is 64.0 Å². The number of imidazole rings is 1. The third-order valence-electron chi connectivity index (χ3n) is 3.04. The number of benzene rings is 2. The van der Waals surface area contributed by atoms with Crippen LogP contribution >= 0.6 is 34.4 Å². The SMILES string of the molecule is Cn1ccnc1Sc1cc(C#N)cc(Oc2ccc(I)cc2)c1. The van der Waals surface area contributed by atoms with Gasteiger partial charge in [0.25, 0.3) is 0 Å². The molecule has 23 heavy (non-hydrogen) atoms. The van der Waals surface area contributed by atoms with Gasteiger partial charge in [-0.15, -0.1) is 0 Å². The van der Waals surface area contributed by atoms with Crippen molar-refractivity contribution in [3.63, 3.8) is 0 Å². The van der Waals surface area contributed by atoms with Crippen LogP contribution in [0.2, 0.25) is 0 Å². The minimum Gasteiger partial charge on any atom is -0.457 e. The van der Waals surface area contributed by atoms with Gasteiger partial charge in [-0.2, -0.15) is 5.26 Å². The Morgan fingerprint density at radius 3 is 2.61 bits per heavy atom. The maximum absolute atomic E-state index is 9.23. The van der Waals surface area contributed by atoms with E-state index in [2.05, 4.69) is 33.6 Å². The lowest BCUT2D eigenvalue weighted by atomic mass is 10.2. The fourth-order valence-electron chi connectivity index (χ4n) is 1.95. The fourth-order valence-corrected chi connectivity index (χ4v) is 3.20. The molecule has 1 heterocycles. The van der Waals surface area contributed by atoms with Crippen LogP contribution in [0.25, 0.3) is 0 Å². The highest BCUT2D eigenvalue weighted by molar-refractivity contribution is 14.1. The smallest absolute Gasteiger partial charge is 0.172 e. The van der Waals surface area contributed by atoms with E-state index in [0.717, 1.165) is 19.4 Å². The van der Waals surface area contributed by atoms with E-state index in [9.17, 15) is 5.26 Å². The first-order chi connectivity index (χ1) is 11.1. The van der Waals surface area contributed by atoms with Gasteiger partial charge in [0.15, 0.2) is 5.16 Å². The van der Waals surface area contributed by atoms with E-state index in [1.165, 1.54) is 11.8 Å². The summed E-state index contributed by atoms with van der Waals surface area (Å²) in [6.07, 6.45) is 3.64. The summed E-state index contributed by atoms with van der Waals surface area (Å²) in [4.78, 5) is 5.21. The minimum absolute atomic E-state index is 0.560. The zero-order chi connectivity index (χ0) is 16.2. The third kappa shape index (κ3) is 4.06. The van der Waals surface area contributed by atoms with E-state index < -0.39 is 0 Å². The second-order valence-corrected chi connectivity index (χ2v) is 7.07. The number of nitrogens with zero attached hydrogens (tertiary/aromatic N) is 3. The van der Waals surface area contributed by atoms with Crippen molar-refractivity contribution >= 4 is 34.4 Å². The average Bonchev–Trinajstić information content (AvgIpc) is 2.94. The highest BCUT2D eigenvalue weighted by Gasteiger charge is 2.07. The Hall–Kier alpha value is -1.98. The number of halogens is 1. The van der Waals surface area contributed by atoms with E-state index >= 15 is 0 Å². The van der Waals surface area contributed by atoms with Gasteiger partial charge in [-0.25, -0.2) is 4.98 Å². The molecule has 0 spiro atoms. The summed E-state index contributed by atoms with van der Waals surface area (Å²) in [7, 11) is 1.94. The third-order valence-corrected chi connectivity index (χ3v) is 4.81. The molecule has 3 aromatic rings. The molecule has 0 saturated heterocycles. The molecule has 4 nitrogen and oxygen atoms in total. The Bertz CT molecular complexity index is 868. The number of aryl methyl sites for hydroxylation is 1. The van der Waals surface area contributed by atoms with Crippen molar-refractivity contribution in [2.24, 2.45) is 7.05 Å². The van der Waals surface area contributed by atoms with Gasteiger partial charge in [0.2, 0.25) is 0 Å². The van der Waals surface area contributed by atoms with Gasteiger partial charge < -0.3 is 9.30 Å². The average molecular weight is 433 g/mol. The van der Waals surface area contributed by atoms with Gasteiger partial charge in [-0.1, -0.05) is 11.8 Å². The highest BCUT2D eigenvalue weighted by Crippen LogP contribution is 2.32. The molecular formula is C17H12IN3OS. The van der Waals surface area contributed by atoms with Crippen LogP contribution in [0.5, 0.6) is 11.5 Å². The fraction of sp³-hybridized carbons (Fsp3) is 0.0588. The van der Waals surface area contributed by atoms with E-state index in [4.69, 9.17) is 4.74 Å². The van der Waals surface area contributed by atoms with Crippen LogP contribution < -0.4 is 4.74 Å². The summed E-state index contributed by atoms with van der Waals surface area (Å²) in [5.41, 5.74) is 0.560. The normalized spacial score (nSPS) is 10.3. The Morgan fingerprint density at radius 2 is 1.96 bits per heavy atom. The molecular weight excluding hydrogens is 421 g/mol. The highest BCUT2D eigenvalue weighted by atomic mass is 127. The van der Waals surface area contributed by atoms with Gasteiger partial charge in [0.1, 0.15) is 11.5 Å². The molecule has 0 bridgehead atoms. The molecule has 114 valence electrons. The first kappa shape index (κ1) is 15.9. The number of aromatic nitrogens is 2. The van der Waals surface area contributed by atoms with Gasteiger partial charge in [0, 0.05) is 27.9 Å². The summed E-state index contributed by atoms with van der Waals surface area (Å²) in [5, 5.41) is 10.1. The van der Waals surface area contributed by atoms with Crippen LogP contribution in [-0.4, -0.2) is 9.55 Å².